The summed E-state index contributed by atoms with van der Waals surface area (Å²) in [5, 5.41) is 0.275. The van der Waals surface area contributed by atoms with Crippen LogP contribution >= 0.6 is 0 Å². The predicted molar refractivity (Wildman–Crippen MR) is 99.6 cm³/mol. The van der Waals surface area contributed by atoms with Gasteiger partial charge in [0.25, 0.3) is 0 Å². The van der Waals surface area contributed by atoms with Gasteiger partial charge in [-0.1, -0.05) is 39.8 Å². The molecule has 0 saturated heterocycles. The fourth-order valence-electron chi connectivity index (χ4n) is 1.85. The highest BCUT2D eigenvalue weighted by Crippen LogP contribution is 2.36. The van der Waals surface area contributed by atoms with Crippen molar-refractivity contribution in [1.29, 1.82) is 0 Å². The van der Waals surface area contributed by atoms with Crippen LogP contribution in [0.15, 0.2) is 24.3 Å². The minimum Gasteiger partial charge on any atom is -0.497 e. The van der Waals surface area contributed by atoms with Crippen LogP contribution in [0.5, 0.6) is 5.75 Å². The Bertz CT molecular complexity index is 449. The van der Waals surface area contributed by atoms with E-state index in [1.165, 1.54) is 5.56 Å². The molecule has 0 aliphatic rings. The maximum Gasteiger partial charge on any atom is 0.191 e. The van der Waals surface area contributed by atoms with Crippen LogP contribution < -0.4 is 4.74 Å². The third-order valence-corrected chi connectivity index (χ3v) is 9.22. The molecule has 23 heavy (non-hydrogen) atoms. The van der Waals surface area contributed by atoms with E-state index in [9.17, 15) is 0 Å². The summed E-state index contributed by atoms with van der Waals surface area (Å²) in [7, 11) is 0.0497. The van der Waals surface area contributed by atoms with Crippen LogP contribution in [0.25, 0.3) is 0 Å². The number of benzene rings is 1. The Kier molecular flexibility index (Phi) is 7.78. The molecule has 0 spiro atoms. The van der Waals surface area contributed by atoms with Crippen LogP contribution in [-0.4, -0.2) is 28.6 Å². The Morgan fingerprint density at radius 2 is 1.70 bits per heavy atom. The first-order valence-electron chi connectivity index (χ1n) is 8.50. The SMILES string of the molecule is COc1ccc(COCC[C@@H](C)CO[Si](C)(C)C(C)(C)C)cc1. The van der Waals surface area contributed by atoms with Gasteiger partial charge in [0.1, 0.15) is 5.75 Å². The summed E-state index contributed by atoms with van der Waals surface area (Å²) in [5.41, 5.74) is 1.18. The third-order valence-electron chi connectivity index (χ3n) is 4.72. The van der Waals surface area contributed by atoms with E-state index in [1.807, 2.05) is 24.3 Å². The van der Waals surface area contributed by atoms with E-state index in [0.717, 1.165) is 25.4 Å². The second-order valence-electron chi connectivity index (χ2n) is 7.87. The van der Waals surface area contributed by atoms with Crippen molar-refractivity contribution in [3.05, 3.63) is 29.8 Å². The maximum atomic E-state index is 6.27. The van der Waals surface area contributed by atoms with Gasteiger partial charge in [-0.15, -0.1) is 0 Å². The van der Waals surface area contributed by atoms with Crippen molar-refractivity contribution in [1.82, 2.24) is 0 Å². The second-order valence-corrected chi connectivity index (χ2v) is 12.7. The lowest BCUT2D eigenvalue weighted by atomic mass is 10.1. The topological polar surface area (TPSA) is 27.7 Å². The van der Waals surface area contributed by atoms with Crippen LogP contribution in [-0.2, 0) is 15.8 Å². The van der Waals surface area contributed by atoms with Gasteiger partial charge in [0.05, 0.1) is 13.7 Å². The zero-order valence-electron chi connectivity index (χ0n) is 15.9. The molecule has 3 nitrogen and oxygen atoms in total. The summed E-state index contributed by atoms with van der Waals surface area (Å²) in [6.45, 7) is 15.9. The molecule has 0 aliphatic heterocycles. The number of rotatable bonds is 9. The van der Waals surface area contributed by atoms with Crippen molar-refractivity contribution in [3.63, 3.8) is 0 Å². The first-order valence-corrected chi connectivity index (χ1v) is 11.4. The molecule has 0 unspecified atom stereocenters. The molecule has 0 N–H and O–H groups in total. The van der Waals surface area contributed by atoms with Gasteiger partial charge in [0.2, 0.25) is 0 Å². The van der Waals surface area contributed by atoms with Crippen LogP contribution in [0.4, 0.5) is 0 Å². The lowest BCUT2D eigenvalue weighted by Gasteiger charge is -2.37. The average molecular weight is 339 g/mol. The molecule has 0 radical (unpaired) electrons. The lowest BCUT2D eigenvalue weighted by molar-refractivity contribution is 0.0995. The highest BCUT2D eigenvalue weighted by atomic mass is 28.4. The zero-order valence-corrected chi connectivity index (χ0v) is 16.9. The lowest BCUT2D eigenvalue weighted by Crippen LogP contribution is -2.41. The average Bonchev–Trinajstić information content (AvgIpc) is 2.49. The van der Waals surface area contributed by atoms with Gasteiger partial charge in [-0.05, 0) is 48.2 Å². The fourth-order valence-corrected chi connectivity index (χ4v) is 2.98. The summed E-state index contributed by atoms with van der Waals surface area (Å²) in [6, 6.07) is 8.02. The van der Waals surface area contributed by atoms with Gasteiger partial charge < -0.3 is 13.9 Å². The predicted octanol–water partition coefficient (Wildman–Crippen LogP) is 5.26. The molecule has 0 saturated carbocycles. The van der Waals surface area contributed by atoms with Crippen LogP contribution in [0.2, 0.25) is 18.1 Å². The summed E-state index contributed by atoms with van der Waals surface area (Å²) in [5.74, 6) is 1.41. The third kappa shape index (κ3) is 7.06. The monoisotopic (exact) mass is 338 g/mol. The molecule has 132 valence electrons. The quantitative estimate of drug-likeness (QED) is 0.454. The Morgan fingerprint density at radius 3 is 2.22 bits per heavy atom. The summed E-state index contributed by atoms with van der Waals surface area (Å²) in [6.07, 6.45) is 1.03. The molecular weight excluding hydrogens is 304 g/mol. The van der Waals surface area contributed by atoms with E-state index >= 15 is 0 Å². The van der Waals surface area contributed by atoms with E-state index < -0.39 is 8.32 Å². The highest BCUT2D eigenvalue weighted by Gasteiger charge is 2.37. The van der Waals surface area contributed by atoms with E-state index in [-0.39, 0.29) is 5.04 Å². The van der Waals surface area contributed by atoms with Crippen molar-refractivity contribution in [2.75, 3.05) is 20.3 Å². The Balaban J connectivity index is 2.22. The molecular formula is C19H34O3Si. The first-order chi connectivity index (χ1) is 10.7. The van der Waals surface area contributed by atoms with Crippen molar-refractivity contribution in [2.45, 2.75) is 58.9 Å². The van der Waals surface area contributed by atoms with Crippen molar-refractivity contribution < 1.29 is 13.9 Å². The van der Waals surface area contributed by atoms with Crippen LogP contribution in [0.1, 0.15) is 39.7 Å². The molecule has 1 aromatic rings. The minimum atomic E-state index is -1.63. The van der Waals surface area contributed by atoms with E-state index in [0.29, 0.717) is 12.5 Å². The van der Waals surface area contributed by atoms with Gasteiger partial charge in [0.15, 0.2) is 8.32 Å². The molecule has 0 aromatic heterocycles. The van der Waals surface area contributed by atoms with Crippen LogP contribution in [0, 0.1) is 5.92 Å². The minimum absolute atomic E-state index is 0.275. The molecule has 1 aromatic carbocycles. The largest absolute Gasteiger partial charge is 0.497 e. The van der Waals surface area contributed by atoms with Crippen LogP contribution in [0.3, 0.4) is 0 Å². The van der Waals surface area contributed by atoms with Crippen molar-refractivity contribution >= 4 is 8.32 Å². The number of ether oxygens (including phenoxy) is 2. The van der Waals surface area contributed by atoms with E-state index in [4.69, 9.17) is 13.9 Å². The van der Waals surface area contributed by atoms with E-state index in [2.05, 4.69) is 40.8 Å². The number of hydrogen-bond acceptors (Lipinski definition) is 3. The molecule has 1 atom stereocenters. The van der Waals surface area contributed by atoms with Gasteiger partial charge in [-0.2, -0.15) is 0 Å². The molecule has 0 amide bonds. The Hall–Kier alpha value is -0.843. The molecule has 0 bridgehead atoms. The molecule has 0 fully saturated rings. The smallest absolute Gasteiger partial charge is 0.191 e. The molecule has 0 heterocycles. The fraction of sp³-hybridized carbons (Fsp3) is 0.684. The standard InChI is InChI=1S/C19H34O3Si/c1-16(14-22-23(6,7)19(2,3)4)12-13-21-15-17-8-10-18(20-5)11-9-17/h8-11,16H,12-15H2,1-7H3/t16-/m1/s1. The van der Waals surface area contributed by atoms with Gasteiger partial charge in [-0.3, -0.25) is 0 Å². The summed E-state index contributed by atoms with van der Waals surface area (Å²) >= 11 is 0. The Morgan fingerprint density at radius 1 is 1.09 bits per heavy atom. The second kappa shape index (κ2) is 8.86. The maximum absolute atomic E-state index is 6.27. The van der Waals surface area contributed by atoms with E-state index in [1.54, 1.807) is 7.11 Å². The molecule has 1 rings (SSSR count). The zero-order chi connectivity index (χ0) is 17.5. The first kappa shape index (κ1) is 20.2. The normalized spacial score (nSPS) is 13.9. The Labute approximate surface area is 143 Å². The van der Waals surface area contributed by atoms with Crippen molar-refractivity contribution in [2.24, 2.45) is 5.92 Å². The van der Waals surface area contributed by atoms with Crippen molar-refractivity contribution in [3.8, 4) is 5.75 Å². The van der Waals surface area contributed by atoms with Gasteiger partial charge >= 0.3 is 0 Å². The van der Waals surface area contributed by atoms with Gasteiger partial charge in [-0.25, -0.2) is 0 Å². The number of hydrogen-bond donors (Lipinski definition) is 0. The highest BCUT2D eigenvalue weighted by molar-refractivity contribution is 6.74. The van der Waals surface area contributed by atoms with Gasteiger partial charge in [0, 0.05) is 13.2 Å². The molecule has 4 heteroatoms. The molecule has 0 aliphatic carbocycles. The number of methoxy groups -OCH3 is 1. The summed E-state index contributed by atoms with van der Waals surface area (Å²) < 4.78 is 17.2. The summed E-state index contributed by atoms with van der Waals surface area (Å²) in [4.78, 5) is 0.